The quantitative estimate of drug-likeness (QED) is 0.414. The summed E-state index contributed by atoms with van der Waals surface area (Å²) in [6.07, 6.45) is 0. The first-order valence-corrected chi connectivity index (χ1v) is 11.1. The number of imidazole rings is 1. The highest BCUT2D eigenvalue weighted by atomic mass is 16.5. The maximum Gasteiger partial charge on any atom is 0.138 e. The Labute approximate surface area is 187 Å². The largest absolute Gasteiger partial charge is 0.496 e. The number of H-pyrrole nitrogens is 1. The first-order valence-electron chi connectivity index (χ1n) is 11.1. The molecule has 0 aliphatic carbocycles. The minimum absolute atomic E-state index is 0.0948. The van der Waals surface area contributed by atoms with Crippen LogP contribution in [0.2, 0.25) is 0 Å². The summed E-state index contributed by atoms with van der Waals surface area (Å²) in [5.41, 5.74) is 7.83. The normalized spacial score (nSPS) is 20.5. The molecule has 5 heteroatoms. The lowest BCUT2D eigenvalue weighted by Gasteiger charge is -2.48. The van der Waals surface area contributed by atoms with Crippen molar-refractivity contribution in [2.24, 2.45) is 5.92 Å². The molecule has 3 aromatic carbocycles. The van der Waals surface area contributed by atoms with E-state index in [-0.39, 0.29) is 17.4 Å². The fourth-order valence-electron chi connectivity index (χ4n) is 5.38. The Kier molecular flexibility index (Phi) is 4.06. The van der Waals surface area contributed by atoms with Crippen LogP contribution in [0, 0.1) is 12.8 Å². The Morgan fingerprint density at radius 3 is 2.81 bits per heavy atom. The van der Waals surface area contributed by atoms with Gasteiger partial charge in [0.2, 0.25) is 0 Å². The number of aromatic nitrogens is 2. The fraction of sp³-hybridized carbons (Fsp3) is 0.296. The Bertz CT molecular complexity index is 1340. The minimum Gasteiger partial charge on any atom is -0.496 e. The molecule has 5 nitrogen and oxygen atoms in total. The molecule has 0 saturated heterocycles. The van der Waals surface area contributed by atoms with Gasteiger partial charge in [-0.05, 0) is 60.5 Å². The van der Waals surface area contributed by atoms with E-state index in [1.165, 1.54) is 11.1 Å². The van der Waals surface area contributed by atoms with Crippen molar-refractivity contribution in [3.63, 3.8) is 0 Å². The number of nitrogens with one attached hydrogen (secondary N) is 2. The van der Waals surface area contributed by atoms with Gasteiger partial charge in [0.05, 0.1) is 36.4 Å². The van der Waals surface area contributed by atoms with Gasteiger partial charge in [-0.2, -0.15) is 0 Å². The van der Waals surface area contributed by atoms with Crippen LogP contribution in [-0.4, -0.2) is 23.7 Å². The number of fused-ring (bicyclic) bond motifs is 5. The predicted molar refractivity (Wildman–Crippen MR) is 128 cm³/mol. The third kappa shape index (κ3) is 2.73. The summed E-state index contributed by atoms with van der Waals surface area (Å²) < 4.78 is 11.9. The molecule has 0 spiro atoms. The number of aryl methyl sites for hydroxylation is 1. The Morgan fingerprint density at radius 2 is 1.97 bits per heavy atom. The van der Waals surface area contributed by atoms with Gasteiger partial charge >= 0.3 is 0 Å². The molecule has 2 aliphatic rings. The first kappa shape index (κ1) is 19.2. The number of aromatic amines is 1. The molecule has 0 radical (unpaired) electrons. The van der Waals surface area contributed by atoms with Gasteiger partial charge in [-0.1, -0.05) is 26.0 Å². The van der Waals surface area contributed by atoms with Crippen molar-refractivity contribution in [3.05, 3.63) is 71.3 Å². The number of methoxy groups -OCH3 is 1. The number of benzene rings is 3. The smallest absolute Gasteiger partial charge is 0.138 e. The van der Waals surface area contributed by atoms with Gasteiger partial charge in [0.25, 0.3) is 0 Å². The maximum atomic E-state index is 6.21. The summed E-state index contributed by atoms with van der Waals surface area (Å²) in [6.45, 7) is 7.40. The molecule has 162 valence electrons. The molecule has 32 heavy (non-hydrogen) atoms. The highest BCUT2D eigenvalue weighted by Gasteiger charge is 2.47. The Morgan fingerprint density at radius 1 is 1.09 bits per heavy atom. The van der Waals surface area contributed by atoms with Gasteiger partial charge in [0, 0.05) is 22.6 Å². The fourth-order valence-corrected chi connectivity index (χ4v) is 5.38. The monoisotopic (exact) mass is 425 g/mol. The zero-order valence-corrected chi connectivity index (χ0v) is 18.8. The van der Waals surface area contributed by atoms with E-state index in [0.717, 1.165) is 45.2 Å². The van der Waals surface area contributed by atoms with Gasteiger partial charge < -0.3 is 19.8 Å². The van der Waals surface area contributed by atoms with Crippen LogP contribution in [0.1, 0.15) is 36.6 Å². The lowest BCUT2D eigenvalue weighted by molar-refractivity contribution is 0.133. The molecule has 3 heterocycles. The minimum atomic E-state index is -0.0948. The number of hydrogen-bond donors (Lipinski definition) is 2. The van der Waals surface area contributed by atoms with E-state index in [0.29, 0.717) is 6.61 Å². The van der Waals surface area contributed by atoms with Crippen LogP contribution in [-0.2, 0) is 5.41 Å². The van der Waals surface area contributed by atoms with Crippen molar-refractivity contribution in [2.75, 3.05) is 19.0 Å². The van der Waals surface area contributed by atoms with Crippen LogP contribution in [0.15, 0.2) is 54.6 Å². The number of nitrogens with zero attached hydrogens (tertiary/aromatic N) is 1. The van der Waals surface area contributed by atoms with Gasteiger partial charge in [0.15, 0.2) is 0 Å². The molecule has 0 bridgehead atoms. The second-order valence-corrected chi connectivity index (χ2v) is 9.50. The highest BCUT2D eigenvalue weighted by molar-refractivity contribution is 5.81. The van der Waals surface area contributed by atoms with Crippen molar-refractivity contribution >= 4 is 16.7 Å². The van der Waals surface area contributed by atoms with E-state index in [4.69, 9.17) is 14.5 Å². The van der Waals surface area contributed by atoms with Gasteiger partial charge in [-0.15, -0.1) is 0 Å². The molecule has 0 fully saturated rings. The van der Waals surface area contributed by atoms with Crippen LogP contribution in [0.4, 0.5) is 5.69 Å². The molecule has 0 amide bonds. The van der Waals surface area contributed by atoms with Gasteiger partial charge in [-0.3, -0.25) is 0 Å². The van der Waals surface area contributed by atoms with Crippen LogP contribution in [0.3, 0.4) is 0 Å². The van der Waals surface area contributed by atoms with Crippen molar-refractivity contribution < 1.29 is 9.47 Å². The summed E-state index contributed by atoms with van der Waals surface area (Å²) in [6, 6.07) is 19.1. The molecular weight excluding hydrogens is 398 g/mol. The molecule has 6 rings (SSSR count). The molecule has 2 atom stereocenters. The lowest BCUT2D eigenvalue weighted by atomic mass is 9.65. The van der Waals surface area contributed by atoms with Crippen molar-refractivity contribution in [3.8, 4) is 22.9 Å². The molecule has 2 N–H and O–H groups in total. The zero-order chi connectivity index (χ0) is 22.0. The Hall–Kier alpha value is -3.47. The second-order valence-electron chi connectivity index (χ2n) is 9.50. The summed E-state index contributed by atoms with van der Waals surface area (Å²) in [5.74, 6) is 2.95. The SMILES string of the molecule is COc1cccc2c1[C@H]1Nc3ccc(-c4nc5cc(C)ccc5[nH]4)cc3C(C)(C)[C@H]1CO2. The first-order chi connectivity index (χ1) is 15.5. The molecule has 4 aromatic rings. The summed E-state index contributed by atoms with van der Waals surface area (Å²) >= 11 is 0. The van der Waals surface area contributed by atoms with Crippen molar-refractivity contribution in [2.45, 2.75) is 32.2 Å². The van der Waals surface area contributed by atoms with Gasteiger partial charge in [-0.25, -0.2) is 4.98 Å². The third-order valence-corrected chi connectivity index (χ3v) is 7.24. The lowest BCUT2D eigenvalue weighted by Crippen LogP contribution is -2.46. The third-order valence-electron chi connectivity index (χ3n) is 7.24. The topological polar surface area (TPSA) is 59.2 Å². The van der Waals surface area contributed by atoms with E-state index in [2.05, 4.69) is 67.5 Å². The number of hydrogen-bond acceptors (Lipinski definition) is 4. The van der Waals surface area contributed by atoms with Gasteiger partial charge in [0.1, 0.15) is 17.3 Å². The number of ether oxygens (including phenoxy) is 2. The van der Waals surface area contributed by atoms with E-state index in [1.54, 1.807) is 7.11 Å². The maximum absolute atomic E-state index is 6.21. The summed E-state index contributed by atoms with van der Waals surface area (Å²) in [7, 11) is 1.72. The predicted octanol–water partition coefficient (Wildman–Crippen LogP) is 6.00. The Balaban J connectivity index is 1.45. The molecule has 0 saturated carbocycles. The van der Waals surface area contributed by atoms with E-state index >= 15 is 0 Å². The van der Waals surface area contributed by atoms with E-state index in [1.807, 2.05) is 18.2 Å². The summed E-state index contributed by atoms with van der Waals surface area (Å²) in [5, 5.41) is 3.81. The van der Waals surface area contributed by atoms with Crippen molar-refractivity contribution in [1.82, 2.24) is 9.97 Å². The summed E-state index contributed by atoms with van der Waals surface area (Å²) in [4.78, 5) is 8.34. The van der Waals surface area contributed by atoms with E-state index in [9.17, 15) is 0 Å². The average molecular weight is 426 g/mol. The second kappa shape index (κ2) is 6.76. The van der Waals surface area contributed by atoms with Crippen LogP contribution < -0.4 is 14.8 Å². The number of anilines is 1. The average Bonchev–Trinajstić information content (AvgIpc) is 3.21. The van der Waals surface area contributed by atoms with Crippen LogP contribution in [0.25, 0.3) is 22.4 Å². The molecule has 0 unspecified atom stereocenters. The van der Waals surface area contributed by atoms with E-state index < -0.39 is 0 Å². The molecule has 1 aromatic heterocycles. The standard InChI is InChI=1S/C27H27N3O2/c1-15-8-10-20-21(12-15)30-26(29-20)16-9-11-19-17(13-16)27(2,3)18-14-32-23-7-5-6-22(31-4)24(23)25(18)28-19/h5-13,18,25,28H,14H2,1-4H3,(H,29,30)/t18-,25-/m0/s1. The van der Waals surface area contributed by atoms with Crippen LogP contribution in [0.5, 0.6) is 11.5 Å². The number of rotatable bonds is 2. The highest BCUT2D eigenvalue weighted by Crippen LogP contribution is 2.54. The molecular formula is C27H27N3O2. The zero-order valence-electron chi connectivity index (χ0n) is 18.8. The van der Waals surface area contributed by atoms with Crippen LogP contribution >= 0.6 is 0 Å². The van der Waals surface area contributed by atoms with Crippen molar-refractivity contribution in [1.29, 1.82) is 0 Å². The molecule has 2 aliphatic heterocycles.